The normalized spacial score (nSPS) is 17.4. The first-order valence-electron chi connectivity index (χ1n) is 8.70. The van der Waals surface area contributed by atoms with E-state index in [1.165, 1.54) is 17.2 Å². The highest BCUT2D eigenvalue weighted by Gasteiger charge is 2.25. The fourth-order valence-electron chi connectivity index (χ4n) is 3.45. The Bertz CT molecular complexity index is 986. The number of fused-ring (bicyclic) bond motifs is 1. The van der Waals surface area contributed by atoms with Gasteiger partial charge in [-0.1, -0.05) is 12.1 Å². The van der Waals surface area contributed by atoms with E-state index in [9.17, 15) is 9.59 Å². The zero-order chi connectivity index (χ0) is 17.9. The molecule has 1 atom stereocenters. The molecule has 132 valence electrons. The van der Waals surface area contributed by atoms with Crippen LogP contribution in [0.5, 0.6) is 0 Å². The largest absolute Gasteiger partial charge is 0.340 e. The number of hydrogen-bond donors (Lipinski definition) is 0. The first-order valence-corrected chi connectivity index (χ1v) is 8.70. The van der Waals surface area contributed by atoms with Crippen LogP contribution >= 0.6 is 0 Å². The Morgan fingerprint density at radius 2 is 2.08 bits per heavy atom. The third-order valence-corrected chi connectivity index (χ3v) is 4.83. The summed E-state index contributed by atoms with van der Waals surface area (Å²) in [5.41, 5.74) is 1.42. The molecule has 7 nitrogen and oxygen atoms in total. The van der Waals surface area contributed by atoms with Crippen LogP contribution in [0.15, 0.2) is 54.0 Å². The second kappa shape index (κ2) is 7.03. The second-order valence-electron chi connectivity index (χ2n) is 6.51. The van der Waals surface area contributed by atoms with Crippen molar-refractivity contribution in [2.75, 3.05) is 13.1 Å². The van der Waals surface area contributed by atoms with Gasteiger partial charge in [0.05, 0.1) is 17.2 Å². The summed E-state index contributed by atoms with van der Waals surface area (Å²) in [5, 5.41) is 0.528. The topological polar surface area (TPSA) is 81.0 Å². The number of piperidine rings is 1. The van der Waals surface area contributed by atoms with Crippen molar-refractivity contribution in [2.45, 2.75) is 25.3 Å². The van der Waals surface area contributed by atoms with Crippen LogP contribution in [0.3, 0.4) is 0 Å². The van der Waals surface area contributed by atoms with Gasteiger partial charge in [0.15, 0.2) is 0 Å². The van der Waals surface area contributed by atoms with Gasteiger partial charge in [-0.05, 0) is 31.0 Å². The number of rotatable bonds is 3. The Hall–Kier alpha value is -3.09. The summed E-state index contributed by atoms with van der Waals surface area (Å²) < 4.78 is 1.39. The second-order valence-corrected chi connectivity index (χ2v) is 6.51. The molecule has 7 heteroatoms. The molecule has 0 aliphatic carbocycles. The summed E-state index contributed by atoms with van der Waals surface area (Å²) in [6.07, 6.45) is 6.64. The van der Waals surface area contributed by atoms with E-state index in [0.29, 0.717) is 24.0 Å². The molecular formula is C19H19N5O2. The predicted octanol–water partition coefficient (Wildman–Crippen LogP) is 1.59. The highest BCUT2D eigenvalue weighted by molar-refractivity contribution is 5.79. The highest BCUT2D eigenvalue weighted by Crippen LogP contribution is 2.25. The smallest absolute Gasteiger partial charge is 0.261 e. The minimum atomic E-state index is -0.187. The molecule has 3 aromatic rings. The van der Waals surface area contributed by atoms with Crippen molar-refractivity contribution in [1.82, 2.24) is 24.4 Å². The van der Waals surface area contributed by atoms with E-state index in [1.54, 1.807) is 24.4 Å². The number of amides is 1. The number of nitrogens with zero attached hydrogens (tertiary/aromatic N) is 5. The maximum Gasteiger partial charge on any atom is 0.261 e. The number of hydrogen-bond acceptors (Lipinski definition) is 5. The summed E-state index contributed by atoms with van der Waals surface area (Å²) in [6, 6.07) is 9.06. The van der Waals surface area contributed by atoms with Crippen LogP contribution in [0.4, 0.5) is 0 Å². The Morgan fingerprint density at radius 1 is 1.19 bits per heavy atom. The molecule has 0 saturated carbocycles. The first kappa shape index (κ1) is 16.4. The van der Waals surface area contributed by atoms with E-state index in [4.69, 9.17) is 0 Å². The van der Waals surface area contributed by atoms with Gasteiger partial charge >= 0.3 is 0 Å². The summed E-state index contributed by atoms with van der Waals surface area (Å²) in [4.78, 5) is 39.7. The molecule has 0 spiro atoms. The molecule has 3 heterocycles. The van der Waals surface area contributed by atoms with E-state index in [1.807, 2.05) is 17.0 Å². The Labute approximate surface area is 150 Å². The van der Waals surface area contributed by atoms with Crippen molar-refractivity contribution < 1.29 is 4.79 Å². The van der Waals surface area contributed by atoms with E-state index in [0.717, 1.165) is 18.5 Å². The standard InChI is InChI=1S/C19H19N5O2/c25-18(11-24-13-22-17-6-2-1-5-15(17)19(24)26)23-9-3-4-14(10-23)16-7-8-20-12-21-16/h1-2,5-8,12-14H,3-4,9-11H2/t14-/m0/s1. The van der Waals surface area contributed by atoms with Crippen LogP contribution in [-0.4, -0.2) is 43.4 Å². The van der Waals surface area contributed by atoms with Gasteiger partial charge in [0.2, 0.25) is 5.91 Å². The number of aromatic nitrogens is 4. The molecular weight excluding hydrogens is 330 g/mol. The zero-order valence-electron chi connectivity index (χ0n) is 14.3. The lowest BCUT2D eigenvalue weighted by Gasteiger charge is -2.32. The van der Waals surface area contributed by atoms with Crippen molar-refractivity contribution in [3.05, 3.63) is 65.2 Å². The number of carbonyl (C=O) groups is 1. The molecule has 0 radical (unpaired) electrons. The van der Waals surface area contributed by atoms with Gasteiger partial charge < -0.3 is 4.90 Å². The third kappa shape index (κ3) is 3.20. The monoisotopic (exact) mass is 349 g/mol. The van der Waals surface area contributed by atoms with Gasteiger partial charge in [0, 0.05) is 30.9 Å². The SMILES string of the molecule is O=C(Cn1cnc2ccccc2c1=O)N1CCC[C@H](c2ccncn2)C1. The molecule has 1 aliphatic rings. The maximum atomic E-state index is 12.7. The van der Waals surface area contributed by atoms with Crippen molar-refractivity contribution in [3.8, 4) is 0 Å². The van der Waals surface area contributed by atoms with Gasteiger partial charge in [0.1, 0.15) is 12.9 Å². The first-order chi connectivity index (χ1) is 12.7. The van der Waals surface area contributed by atoms with Gasteiger partial charge in [0.25, 0.3) is 5.56 Å². The molecule has 2 aromatic heterocycles. The van der Waals surface area contributed by atoms with Gasteiger partial charge in [-0.25, -0.2) is 15.0 Å². The molecule has 4 rings (SSSR count). The van der Waals surface area contributed by atoms with E-state index < -0.39 is 0 Å². The summed E-state index contributed by atoms with van der Waals surface area (Å²) >= 11 is 0. The average molecular weight is 349 g/mol. The van der Waals surface area contributed by atoms with Crippen LogP contribution in [0.1, 0.15) is 24.5 Å². The van der Waals surface area contributed by atoms with Crippen LogP contribution in [0, 0.1) is 0 Å². The fourth-order valence-corrected chi connectivity index (χ4v) is 3.45. The van der Waals surface area contributed by atoms with Crippen LogP contribution in [-0.2, 0) is 11.3 Å². The van der Waals surface area contributed by atoms with Gasteiger partial charge in [-0.15, -0.1) is 0 Å². The lowest BCUT2D eigenvalue weighted by atomic mass is 9.94. The molecule has 1 fully saturated rings. The fraction of sp³-hybridized carbons (Fsp3) is 0.316. The summed E-state index contributed by atoms with van der Waals surface area (Å²) in [5.74, 6) is 0.144. The Morgan fingerprint density at radius 3 is 2.92 bits per heavy atom. The molecule has 1 saturated heterocycles. The van der Waals surface area contributed by atoms with Crippen molar-refractivity contribution in [2.24, 2.45) is 0 Å². The Balaban J connectivity index is 1.51. The minimum absolute atomic E-state index is 0.00710. The van der Waals surface area contributed by atoms with Crippen molar-refractivity contribution >= 4 is 16.8 Å². The van der Waals surface area contributed by atoms with Crippen molar-refractivity contribution in [1.29, 1.82) is 0 Å². The van der Waals surface area contributed by atoms with Gasteiger partial charge in [-0.2, -0.15) is 0 Å². The molecule has 0 unspecified atom stereocenters. The van der Waals surface area contributed by atoms with Crippen molar-refractivity contribution in [3.63, 3.8) is 0 Å². The number of carbonyl (C=O) groups excluding carboxylic acids is 1. The zero-order valence-corrected chi connectivity index (χ0v) is 14.3. The van der Waals surface area contributed by atoms with Crippen LogP contribution < -0.4 is 5.56 Å². The molecule has 1 amide bonds. The highest BCUT2D eigenvalue weighted by atomic mass is 16.2. The van der Waals surface area contributed by atoms with Crippen LogP contribution in [0.25, 0.3) is 10.9 Å². The number of likely N-dealkylation sites (tertiary alicyclic amines) is 1. The summed E-state index contributed by atoms with van der Waals surface area (Å²) in [7, 11) is 0. The molecule has 1 aliphatic heterocycles. The number of para-hydroxylation sites is 1. The Kier molecular flexibility index (Phi) is 4.43. The lowest BCUT2D eigenvalue weighted by Crippen LogP contribution is -2.42. The van der Waals surface area contributed by atoms with Gasteiger partial charge in [-0.3, -0.25) is 14.2 Å². The minimum Gasteiger partial charge on any atom is -0.340 e. The summed E-state index contributed by atoms with van der Waals surface area (Å²) in [6.45, 7) is 1.33. The molecule has 0 N–H and O–H groups in total. The quantitative estimate of drug-likeness (QED) is 0.717. The average Bonchev–Trinajstić information content (AvgIpc) is 2.71. The van der Waals surface area contributed by atoms with Crippen LogP contribution in [0.2, 0.25) is 0 Å². The third-order valence-electron chi connectivity index (χ3n) is 4.83. The number of benzene rings is 1. The lowest BCUT2D eigenvalue weighted by molar-refractivity contribution is -0.133. The molecule has 1 aromatic carbocycles. The van der Waals surface area contributed by atoms with E-state index in [2.05, 4.69) is 15.0 Å². The predicted molar refractivity (Wildman–Crippen MR) is 96.6 cm³/mol. The van der Waals surface area contributed by atoms with E-state index in [-0.39, 0.29) is 23.9 Å². The molecule has 0 bridgehead atoms. The maximum absolute atomic E-state index is 12.7. The van der Waals surface area contributed by atoms with E-state index >= 15 is 0 Å². The molecule has 26 heavy (non-hydrogen) atoms.